The minimum absolute atomic E-state index is 0.487. The van der Waals surface area contributed by atoms with Crippen LogP contribution in [-0.4, -0.2) is 12.1 Å². The second-order valence-electron chi connectivity index (χ2n) is 4.61. The molecule has 20 heavy (non-hydrogen) atoms. The summed E-state index contributed by atoms with van der Waals surface area (Å²) < 4.78 is 10.8. The SMILES string of the molecule is COc1ccc(OCc2cc3cc(N)ccc3[nH]2)cc1. The Morgan fingerprint density at radius 1 is 1.00 bits per heavy atom. The van der Waals surface area contributed by atoms with Crippen molar-refractivity contribution < 1.29 is 9.47 Å². The van der Waals surface area contributed by atoms with Gasteiger partial charge in [0.2, 0.25) is 0 Å². The number of ether oxygens (including phenoxy) is 2. The molecule has 0 unspecified atom stereocenters. The first kappa shape index (κ1) is 12.4. The Bertz CT molecular complexity index is 717. The van der Waals surface area contributed by atoms with E-state index in [1.54, 1.807) is 7.11 Å². The summed E-state index contributed by atoms with van der Waals surface area (Å²) in [5.41, 5.74) is 8.61. The van der Waals surface area contributed by atoms with Crippen molar-refractivity contribution in [2.24, 2.45) is 0 Å². The molecule has 0 aliphatic rings. The second kappa shape index (κ2) is 5.17. The first-order valence-electron chi connectivity index (χ1n) is 6.38. The molecule has 0 radical (unpaired) electrons. The van der Waals surface area contributed by atoms with Gasteiger partial charge in [0.05, 0.1) is 12.8 Å². The van der Waals surface area contributed by atoms with Gasteiger partial charge in [0.25, 0.3) is 0 Å². The smallest absolute Gasteiger partial charge is 0.128 e. The summed E-state index contributed by atoms with van der Waals surface area (Å²) >= 11 is 0. The van der Waals surface area contributed by atoms with Crippen molar-refractivity contribution in [1.29, 1.82) is 0 Å². The van der Waals surface area contributed by atoms with Crippen LogP contribution in [0.4, 0.5) is 5.69 Å². The van der Waals surface area contributed by atoms with Gasteiger partial charge in [0.1, 0.15) is 18.1 Å². The van der Waals surface area contributed by atoms with Crippen LogP contribution in [0.2, 0.25) is 0 Å². The molecule has 0 atom stereocenters. The van der Waals surface area contributed by atoms with Gasteiger partial charge in [-0.15, -0.1) is 0 Å². The number of nitrogen functional groups attached to an aromatic ring is 1. The summed E-state index contributed by atoms with van der Waals surface area (Å²) in [7, 11) is 1.64. The topological polar surface area (TPSA) is 60.3 Å². The number of hydrogen-bond acceptors (Lipinski definition) is 3. The first-order valence-corrected chi connectivity index (χ1v) is 6.38. The number of H-pyrrole nitrogens is 1. The molecule has 0 saturated carbocycles. The van der Waals surface area contributed by atoms with Gasteiger partial charge >= 0.3 is 0 Å². The quantitative estimate of drug-likeness (QED) is 0.713. The van der Waals surface area contributed by atoms with Crippen molar-refractivity contribution in [3.8, 4) is 11.5 Å². The third-order valence-corrected chi connectivity index (χ3v) is 3.15. The lowest BCUT2D eigenvalue weighted by molar-refractivity contribution is 0.301. The van der Waals surface area contributed by atoms with E-state index in [0.29, 0.717) is 6.61 Å². The molecular weight excluding hydrogens is 252 g/mol. The number of anilines is 1. The normalized spacial score (nSPS) is 10.7. The monoisotopic (exact) mass is 268 g/mol. The number of aromatic amines is 1. The van der Waals surface area contributed by atoms with E-state index in [2.05, 4.69) is 11.1 Å². The Morgan fingerprint density at radius 2 is 1.75 bits per heavy atom. The first-order chi connectivity index (χ1) is 9.74. The molecule has 0 aliphatic heterocycles. The highest BCUT2D eigenvalue weighted by molar-refractivity contribution is 5.83. The Kier molecular flexibility index (Phi) is 3.21. The highest BCUT2D eigenvalue weighted by Gasteiger charge is 2.02. The van der Waals surface area contributed by atoms with Gasteiger partial charge in [-0.2, -0.15) is 0 Å². The molecule has 3 N–H and O–H groups in total. The molecule has 1 heterocycles. The average Bonchev–Trinajstić information content (AvgIpc) is 2.87. The number of nitrogens with one attached hydrogen (secondary N) is 1. The molecule has 0 bridgehead atoms. The van der Waals surface area contributed by atoms with Crippen LogP contribution in [0.1, 0.15) is 5.69 Å². The standard InChI is InChI=1S/C16H16N2O2/c1-19-14-3-5-15(6-4-14)20-10-13-9-11-8-12(17)2-7-16(11)18-13/h2-9,18H,10,17H2,1H3. The molecule has 3 aromatic rings. The number of hydrogen-bond donors (Lipinski definition) is 2. The van der Waals surface area contributed by atoms with Crippen LogP contribution in [0.3, 0.4) is 0 Å². The number of rotatable bonds is 4. The van der Waals surface area contributed by atoms with E-state index >= 15 is 0 Å². The lowest BCUT2D eigenvalue weighted by atomic mass is 10.2. The van der Waals surface area contributed by atoms with Gasteiger partial charge < -0.3 is 20.2 Å². The Hall–Kier alpha value is -2.62. The van der Waals surface area contributed by atoms with Crippen molar-refractivity contribution >= 4 is 16.6 Å². The number of aromatic nitrogens is 1. The van der Waals surface area contributed by atoms with Gasteiger partial charge in [0.15, 0.2) is 0 Å². The van der Waals surface area contributed by atoms with Crippen LogP contribution >= 0.6 is 0 Å². The van der Waals surface area contributed by atoms with E-state index in [9.17, 15) is 0 Å². The van der Waals surface area contributed by atoms with E-state index in [-0.39, 0.29) is 0 Å². The second-order valence-corrected chi connectivity index (χ2v) is 4.61. The molecule has 4 heteroatoms. The van der Waals surface area contributed by atoms with E-state index in [4.69, 9.17) is 15.2 Å². The van der Waals surface area contributed by atoms with E-state index < -0.39 is 0 Å². The number of benzene rings is 2. The molecule has 0 saturated heterocycles. The van der Waals surface area contributed by atoms with Gasteiger partial charge in [-0.05, 0) is 48.5 Å². The molecular formula is C16H16N2O2. The predicted octanol–water partition coefficient (Wildman–Crippen LogP) is 3.34. The lowest BCUT2D eigenvalue weighted by Gasteiger charge is -2.05. The zero-order valence-corrected chi connectivity index (χ0v) is 11.2. The molecule has 0 fully saturated rings. The Labute approximate surface area is 117 Å². The van der Waals surface area contributed by atoms with Crippen LogP contribution in [0.15, 0.2) is 48.5 Å². The molecule has 0 amide bonds. The fourth-order valence-electron chi connectivity index (χ4n) is 2.12. The molecule has 0 spiro atoms. The Morgan fingerprint density at radius 3 is 2.50 bits per heavy atom. The van der Waals surface area contributed by atoms with Gasteiger partial charge in [0, 0.05) is 16.6 Å². The summed E-state index contributed by atoms with van der Waals surface area (Å²) in [6.45, 7) is 0.487. The number of fused-ring (bicyclic) bond motifs is 1. The molecule has 1 aromatic heterocycles. The largest absolute Gasteiger partial charge is 0.497 e. The highest BCUT2D eigenvalue weighted by Crippen LogP contribution is 2.21. The molecule has 102 valence electrons. The van der Waals surface area contributed by atoms with Crippen LogP contribution in [-0.2, 0) is 6.61 Å². The summed E-state index contributed by atoms with van der Waals surface area (Å²) in [4.78, 5) is 3.31. The number of methoxy groups -OCH3 is 1. The maximum absolute atomic E-state index is 5.77. The predicted molar refractivity (Wildman–Crippen MR) is 80.0 cm³/mol. The minimum Gasteiger partial charge on any atom is -0.497 e. The lowest BCUT2D eigenvalue weighted by Crippen LogP contribution is -1.95. The zero-order valence-electron chi connectivity index (χ0n) is 11.2. The molecule has 4 nitrogen and oxygen atoms in total. The fourth-order valence-corrected chi connectivity index (χ4v) is 2.12. The minimum atomic E-state index is 0.487. The van der Waals surface area contributed by atoms with Gasteiger partial charge in [-0.3, -0.25) is 0 Å². The summed E-state index contributed by atoms with van der Waals surface area (Å²) in [6, 6.07) is 15.4. The average molecular weight is 268 g/mol. The van der Waals surface area contributed by atoms with Crippen LogP contribution in [0.25, 0.3) is 10.9 Å². The van der Waals surface area contributed by atoms with Crippen molar-refractivity contribution in [3.05, 3.63) is 54.2 Å². The molecule has 2 aromatic carbocycles. The fraction of sp³-hybridized carbons (Fsp3) is 0.125. The maximum atomic E-state index is 5.77. The third-order valence-electron chi connectivity index (χ3n) is 3.15. The van der Waals surface area contributed by atoms with Gasteiger partial charge in [-0.25, -0.2) is 0 Å². The van der Waals surface area contributed by atoms with E-state index in [0.717, 1.165) is 33.8 Å². The summed E-state index contributed by atoms with van der Waals surface area (Å²) in [6.07, 6.45) is 0. The van der Waals surface area contributed by atoms with Crippen molar-refractivity contribution in [2.45, 2.75) is 6.61 Å². The molecule has 0 aliphatic carbocycles. The van der Waals surface area contributed by atoms with Crippen LogP contribution < -0.4 is 15.2 Å². The maximum Gasteiger partial charge on any atom is 0.128 e. The summed E-state index contributed by atoms with van der Waals surface area (Å²) in [5.74, 6) is 1.63. The highest BCUT2D eigenvalue weighted by atomic mass is 16.5. The summed E-state index contributed by atoms with van der Waals surface area (Å²) in [5, 5.41) is 1.10. The third kappa shape index (κ3) is 2.54. The van der Waals surface area contributed by atoms with E-state index in [1.165, 1.54) is 0 Å². The van der Waals surface area contributed by atoms with Crippen molar-refractivity contribution in [2.75, 3.05) is 12.8 Å². The van der Waals surface area contributed by atoms with E-state index in [1.807, 2.05) is 42.5 Å². The Balaban J connectivity index is 1.72. The molecule has 3 rings (SSSR count). The van der Waals surface area contributed by atoms with Crippen molar-refractivity contribution in [3.63, 3.8) is 0 Å². The zero-order chi connectivity index (χ0) is 13.9. The number of nitrogens with two attached hydrogens (primary N) is 1. The van der Waals surface area contributed by atoms with Crippen molar-refractivity contribution in [1.82, 2.24) is 4.98 Å². The van der Waals surface area contributed by atoms with Gasteiger partial charge in [-0.1, -0.05) is 0 Å². The van der Waals surface area contributed by atoms with Crippen LogP contribution in [0.5, 0.6) is 11.5 Å². The van der Waals surface area contributed by atoms with Crippen LogP contribution in [0, 0.1) is 0 Å².